The van der Waals surface area contributed by atoms with Crippen LogP contribution < -0.4 is 5.32 Å². The van der Waals surface area contributed by atoms with Gasteiger partial charge in [0.15, 0.2) is 0 Å². The summed E-state index contributed by atoms with van der Waals surface area (Å²) >= 11 is 0. The number of aromatic nitrogens is 1. The molecule has 2 aromatic rings. The maximum Gasteiger partial charge on any atom is 0.116 e. The van der Waals surface area contributed by atoms with E-state index in [-0.39, 0.29) is 0 Å². The summed E-state index contributed by atoms with van der Waals surface area (Å²) in [5.74, 6) is 0.324. The zero-order valence-corrected chi connectivity index (χ0v) is 12.3. The van der Waals surface area contributed by atoms with Crippen LogP contribution in [-0.2, 0) is 6.42 Å². The van der Waals surface area contributed by atoms with Gasteiger partial charge in [-0.2, -0.15) is 0 Å². The second-order valence-corrected chi connectivity index (χ2v) is 5.79. The van der Waals surface area contributed by atoms with E-state index in [9.17, 15) is 5.11 Å². The van der Waals surface area contributed by atoms with Crippen molar-refractivity contribution in [3.63, 3.8) is 0 Å². The Bertz CT molecular complexity index is 577. The highest BCUT2D eigenvalue weighted by Gasteiger charge is 2.12. The van der Waals surface area contributed by atoms with Crippen LogP contribution in [0.15, 0.2) is 42.6 Å². The molecule has 0 bridgehead atoms. The number of pyridine rings is 1. The van der Waals surface area contributed by atoms with Crippen LogP contribution in [0.25, 0.3) is 11.3 Å². The minimum Gasteiger partial charge on any atom is -0.508 e. The highest BCUT2D eigenvalue weighted by atomic mass is 16.3. The number of aromatic hydroxyl groups is 1. The number of hydrogen-bond donors (Lipinski definition) is 2. The van der Waals surface area contributed by atoms with E-state index in [1.807, 2.05) is 24.3 Å². The van der Waals surface area contributed by atoms with Gasteiger partial charge in [-0.15, -0.1) is 0 Å². The predicted molar refractivity (Wildman–Crippen MR) is 85.3 cm³/mol. The first-order chi connectivity index (χ1) is 10.3. The molecule has 0 aliphatic carbocycles. The molecule has 1 aromatic carbocycles. The highest BCUT2D eigenvalue weighted by Crippen LogP contribution is 2.25. The van der Waals surface area contributed by atoms with Crippen LogP contribution in [-0.4, -0.2) is 22.7 Å². The van der Waals surface area contributed by atoms with E-state index < -0.39 is 0 Å². The molecule has 1 aromatic heterocycles. The van der Waals surface area contributed by atoms with Crippen LogP contribution in [0.5, 0.6) is 5.75 Å². The Hall–Kier alpha value is -1.87. The average Bonchev–Trinajstić information content (AvgIpc) is 2.54. The van der Waals surface area contributed by atoms with Gasteiger partial charge in [-0.25, -0.2) is 0 Å². The summed E-state index contributed by atoms with van der Waals surface area (Å²) in [5.41, 5.74) is 3.08. The molecule has 21 heavy (non-hydrogen) atoms. The van der Waals surface area contributed by atoms with Crippen molar-refractivity contribution in [2.45, 2.75) is 38.1 Å². The normalized spacial score (nSPS) is 18.6. The van der Waals surface area contributed by atoms with Crippen LogP contribution in [0.1, 0.15) is 31.2 Å². The molecule has 1 atom stereocenters. The summed E-state index contributed by atoms with van der Waals surface area (Å²) in [5, 5.41) is 13.5. The molecule has 0 saturated carbocycles. The van der Waals surface area contributed by atoms with Crippen LogP contribution in [0.3, 0.4) is 0 Å². The van der Waals surface area contributed by atoms with Gasteiger partial charge in [0.05, 0.1) is 5.69 Å². The lowest BCUT2D eigenvalue weighted by atomic mass is 9.96. The van der Waals surface area contributed by atoms with Gasteiger partial charge in [0.1, 0.15) is 5.75 Å². The van der Waals surface area contributed by atoms with Crippen molar-refractivity contribution in [3.05, 3.63) is 48.2 Å². The summed E-state index contributed by atoms with van der Waals surface area (Å²) in [4.78, 5) is 4.36. The van der Waals surface area contributed by atoms with Gasteiger partial charge < -0.3 is 10.4 Å². The number of benzene rings is 1. The minimum absolute atomic E-state index is 0.324. The number of phenolic OH excluding ortho intramolecular Hbond substituents is 1. The molecule has 0 amide bonds. The van der Waals surface area contributed by atoms with Crippen LogP contribution >= 0.6 is 0 Å². The fraction of sp³-hybridized carbons (Fsp3) is 0.389. The average molecular weight is 282 g/mol. The summed E-state index contributed by atoms with van der Waals surface area (Å²) in [6, 6.07) is 12.3. The Morgan fingerprint density at radius 2 is 2.14 bits per heavy atom. The summed E-state index contributed by atoms with van der Waals surface area (Å²) < 4.78 is 0. The molecular weight excluding hydrogens is 260 g/mol. The van der Waals surface area contributed by atoms with E-state index >= 15 is 0 Å². The number of phenols is 1. The van der Waals surface area contributed by atoms with Crippen LogP contribution in [0.4, 0.5) is 0 Å². The second kappa shape index (κ2) is 6.72. The molecule has 1 aliphatic rings. The zero-order chi connectivity index (χ0) is 14.5. The lowest BCUT2D eigenvalue weighted by Gasteiger charge is -2.23. The Kier molecular flexibility index (Phi) is 4.51. The standard InChI is InChI=1S/C18H22N2O/c21-17-12-14(7-8-16-5-1-3-9-19-16)11-15(13-17)18-6-2-4-10-20-18/h2,4,6,10-13,16,19,21H,1,3,5,7-9H2/t16-/m0/s1. The zero-order valence-electron chi connectivity index (χ0n) is 12.3. The molecule has 2 N–H and O–H groups in total. The molecule has 0 spiro atoms. The summed E-state index contributed by atoms with van der Waals surface area (Å²) in [6.07, 6.45) is 7.80. The molecule has 0 radical (unpaired) electrons. The molecule has 0 unspecified atom stereocenters. The number of hydrogen-bond acceptors (Lipinski definition) is 3. The van der Waals surface area contributed by atoms with Crippen molar-refractivity contribution in [2.75, 3.05) is 6.54 Å². The van der Waals surface area contributed by atoms with Crippen molar-refractivity contribution >= 4 is 0 Å². The van der Waals surface area contributed by atoms with Crippen molar-refractivity contribution in [1.82, 2.24) is 10.3 Å². The molecule has 1 saturated heterocycles. The van der Waals surface area contributed by atoms with E-state index in [4.69, 9.17) is 0 Å². The molecule has 1 aliphatic heterocycles. The van der Waals surface area contributed by atoms with Gasteiger partial charge in [-0.1, -0.05) is 12.5 Å². The maximum absolute atomic E-state index is 9.95. The molecule has 110 valence electrons. The second-order valence-electron chi connectivity index (χ2n) is 5.79. The number of nitrogens with zero attached hydrogens (tertiary/aromatic N) is 1. The van der Waals surface area contributed by atoms with Crippen molar-refractivity contribution < 1.29 is 5.11 Å². The lowest BCUT2D eigenvalue weighted by Crippen LogP contribution is -2.34. The highest BCUT2D eigenvalue weighted by molar-refractivity contribution is 5.62. The molecule has 3 rings (SSSR count). The number of aryl methyl sites for hydroxylation is 1. The third-order valence-electron chi connectivity index (χ3n) is 4.13. The van der Waals surface area contributed by atoms with E-state index in [0.29, 0.717) is 11.8 Å². The van der Waals surface area contributed by atoms with Gasteiger partial charge >= 0.3 is 0 Å². The van der Waals surface area contributed by atoms with Crippen molar-refractivity contribution in [2.24, 2.45) is 0 Å². The quantitative estimate of drug-likeness (QED) is 0.901. The van der Waals surface area contributed by atoms with Crippen LogP contribution in [0, 0.1) is 0 Å². The number of nitrogens with one attached hydrogen (secondary N) is 1. The van der Waals surface area contributed by atoms with E-state index in [1.54, 1.807) is 12.3 Å². The first kappa shape index (κ1) is 14.1. The Balaban J connectivity index is 1.72. The minimum atomic E-state index is 0.324. The summed E-state index contributed by atoms with van der Waals surface area (Å²) in [7, 11) is 0. The van der Waals surface area contributed by atoms with Gasteiger partial charge in [0.25, 0.3) is 0 Å². The Morgan fingerprint density at radius 3 is 2.90 bits per heavy atom. The Labute approximate surface area is 126 Å². The van der Waals surface area contributed by atoms with Gasteiger partial charge in [-0.05, 0) is 68.1 Å². The summed E-state index contributed by atoms with van der Waals surface area (Å²) in [6.45, 7) is 1.14. The fourth-order valence-electron chi connectivity index (χ4n) is 3.01. The molecule has 3 heteroatoms. The molecular formula is C18H22N2O. The SMILES string of the molecule is Oc1cc(CC[C@@H]2CCCCN2)cc(-c2ccccn2)c1. The van der Waals surface area contributed by atoms with Gasteiger partial charge in [0.2, 0.25) is 0 Å². The van der Waals surface area contributed by atoms with Gasteiger partial charge in [0, 0.05) is 17.8 Å². The third-order valence-corrected chi connectivity index (χ3v) is 4.13. The van der Waals surface area contributed by atoms with Crippen LogP contribution in [0.2, 0.25) is 0 Å². The third kappa shape index (κ3) is 3.82. The largest absolute Gasteiger partial charge is 0.508 e. The lowest BCUT2D eigenvalue weighted by molar-refractivity contribution is 0.382. The van der Waals surface area contributed by atoms with E-state index in [2.05, 4.69) is 16.4 Å². The van der Waals surface area contributed by atoms with Gasteiger partial charge in [-0.3, -0.25) is 4.98 Å². The Morgan fingerprint density at radius 1 is 1.19 bits per heavy atom. The van der Waals surface area contributed by atoms with E-state index in [0.717, 1.165) is 30.6 Å². The topological polar surface area (TPSA) is 45.1 Å². The van der Waals surface area contributed by atoms with Crippen molar-refractivity contribution in [1.29, 1.82) is 0 Å². The first-order valence-electron chi connectivity index (χ1n) is 7.79. The molecule has 2 heterocycles. The predicted octanol–water partition coefficient (Wildman–Crippen LogP) is 3.53. The molecule has 1 fully saturated rings. The number of rotatable bonds is 4. The smallest absolute Gasteiger partial charge is 0.116 e. The molecule has 3 nitrogen and oxygen atoms in total. The van der Waals surface area contributed by atoms with E-state index in [1.165, 1.54) is 24.8 Å². The monoisotopic (exact) mass is 282 g/mol. The first-order valence-corrected chi connectivity index (χ1v) is 7.79. The van der Waals surface area contributed by atoms with Crippen molar-refractivity contribution in [3.8, 4) is 17.0 Å². The fourth-order valence-corrected chi connectivity index (χ4v) is 3.01. The number of piperidine rings is 1. The maximum atomic E-state index is 9.95.